The predicted molar refractivity (Wildman–Crippen MR) is 71.2 cm³/mol. The van der Waals surface area contributed by atoms with Gasteiger partial charge in [0.25, 0.3) is 10.1 Å². The van der Waals surface area contributed by atoms with Crippen LogP contribution in [0.4, 0.5) is 0 Å². The number of rotatable bonds is 4. The van der Waals surface area contributed by atoms with Crippen molar-refractivity contribution in [3.8, 4) is 0 Å². The average molecular weight is 282 g/mol. The van der Waals surface area contributed by atoms with E-state index in [0.29, 0.717) is 12.8 Å². The van der Waals surface area contributed by atoms with Gasteiger partial charge < -0.3 is 0 Å². The Labute approximate surface area is 113 Å². The molecule has 0 bridgehead atoms. The Morgan fingerprint density at radius 2 is 1.89 bits per heavy atom. The van der Waals surface area contributed by atoms with Gasteiger partial charge in [-0.1, -0.05) is 24.6 Å². The molecule has 2 atom stereocenters. The summed E-state index contributed by atoms with van der Waals surface area (Å²) < 4.78 is 29.0. The van der Waals surface area contributed by atoms with Gasteiger partial charge in [0.2, 0.25) is 0 Å². The number of aryl methyl sites for hydroxylation is 1. The van der Waals surface area contributed by atoms with E-state index in [-0.39, 0.29) is 29.1 Å². The molecule has 0 aliphatic heterocycles. The summed E-state index contributed by atoms with van der Waals surface area (Å²) in [5.41, 5.74) is 0.995. The van der Waals surface area contributed by atoms with E-state index in [2.05, 4.69) is 0 Å². The maximum atomic E-state index is 12.0. The largest absolute Gasteiger partial charge is 0.299 e. The van der Waals surface area contributed by atoms with Gasteiger partial charge in [-0.15, -0.1) is 0 Å². The highest BCUT2D eigenvalue weighted by Crippen LogP contribution is 2.28. The van der Waals surface area contributed by atoms with Crippen LogP contribution in [0.2, 0.25) is 0 Å². The molecule has 104 valence electrons. The first-order valence-corrected chi connectivity index (χ1v) is 7.78. The quantitative estimate of drug-likeness (QED) is 0.795. The molecule has 1 saturated carbocycles. The van der Waals surface area contributed by atoms with E-state index in [1.807, 2.05) is 13.8 Å². The lowest BCUT2D eigenvalue weighted by Gasteiger charge is -2.10. The maximum Gasteiger partial charge on any atom is 0.296 e. The van der Waals surface area contributed by atoms with Crippen LogP contribution in [-0.4, -0.2) is 20.8 Å². The minimum Gasteiger partial charge on any atom is -0.299 e. The van der Waals surface area contributed by atoms with Crippen LogP contribution in [0, 0.1) is 18.8 Å². The molecule has 1 aromatic rings. The maximum absolute atomic E-state index is 12.0. The molecule has 0 unspecified atom stereocenters. The highest BCUT2D eigenvalue weighted by molar-refractivity contribution is 7.86. The van der Waals surface area contributed by atoms with E-state index in [0.717, 1.165) is 5.56 Å². The van der Waals surface area contributed by atoms with Crippen LogP contribution in [0.25, 0.3) is 0 Å². The van der Waals surface area contributed by atoms with Crippen molar-refractivity contribution >= 4 is 15.9 Å². The molecule has 0 N–H and O–H groups in total. The van der Waals surface area contributed by atoms with E-state index in [1.54, 1.807) is 12.1 Å². The minimum atomic E-state index is -3.71. The van der Waals surface area contributed by atoms with E-state index in [1.165, 1.54) is 12.1 Å². The molecule has 1 aromatic carbocycles. The Bertz CT molecular complexity index is 560. The minimum absolute atomic E-state index is 0.0164. The van der Waals surface area contributed by atoms with Gasteiger partial charge in [0.1, 0.15) is 5.78 Å². The van der Waals surface area contributed by atoms with Gasteiger partial charge in [-0.2, -0.15) is 8.42 Å². The van der Waals surface area contributed by atoms with Crippen LogP contribution in [0.3, 0.4) is 0 Å². The molecule has 0 radical (unpaired) electrons. The summed E-state index contributed by atoms with van der Waals surface area (Å²) in [4.78, 5) is 11.6. The summed E-state index contributed by atoms with van der Waals surface area (Å²) in [5.74, 6) is 0.236. The van der Waals surface area contributed by atoms with Gasteiger partial charge in [0.05, 0.1) is 11.5 Å². The third kappa shape index (κ3) is 3.42. The van der Waals surface area contributed by atoms with Crippen molar-refractivity contribution in [3.05, 3.63) is 29.8 Å². The summed E-state index contributed by atoms with van der Waals surface area (Å²) >= 11 is 0. The summed E-state index contributed by atoms with van der Waals surface area (Å²) in [5, 5.41) is 0. The zero-order valence-electron chi connectivity index (χ0n) is 11.1. The molecule has 1 fully saturated rings. The van der Waals surface area contributed by atoms with Crippen LogP contribution in [0.15, 0.2) is 29.2 Å². The van der Waals surface area contributed by atoms with Crippen molar-refractivity contribution < 1.29 is 17.4 Å². The molecular weight excluding hydrogens is 264 g/mol. The van der Waals surface area contributed by atoms with Crippen LogP contribution in [0.5, 0.6) is 0 Å². The molecular formula is C14H18O4S. The topological polar surface area (TPSA) is 60.4 Å². The average Bonchev–Trinajstić information content (AvgIpc) is 2.67. The van der Waals surface area contributed by atoms with Crippen LogP contribution < -0.4 is 0 Å². The molecule has 5 heteroatoms. The third-order valence-electron chi connectivity index (χ3n) is 3.49. The summed E-state index contributed by atoms with van der Waals surface area (Å²) in [6.07, 6.45) is 1.13. The van der Waals surface area contributed by atoms with Crippen LogP contribution in [0.1, 0.15) is 25.3 Å². The molecule has 0 saturated heterocycles. The van der Waals surface area contributed by atoms with Crippen molar-refractivity contribution in [2.75, 3.05) is 6.61 Å². The molecule has 0 heterocycles. The van der Waals surface area contributed by atoms with Crippen molar-refractivity contribution in [2.45, 2.75) is 31.6 Å². The lowest BCUT2D eigenvalue weighted by Crippen LogP contribution is -2.13. The van der Waals surface area contributed by atoms with Gasteiger partial charge in [-0.25, -0.2) is 0 Å². The number of hydrogen-bond donors (Lipinski definition) is 0. The Kier molecular flexibility index (Phi) is 4.06. The molecule has 0 amide bonds. The van der Waals surface area contributed by atoms with Crippen molar-refractivity contribution in [3.63, 3.8) is 0 Å². The lowest BCUT2D eigenvalue weighted by molar-refractivity contribution is -0.120. The molecule has 1 aliphatic rings. The van der Waals surface area contributed by atoms with Crippen LogP contribution >= 0.6 is 0 Å². The Morgan fingerprint density at radius 3 is 2.42 bits per heavy atom. The van der Waals surface area contributed by atoms with E-state index in [4.69, 9.17) is 4.18 Å². The van der Waals surface area contributed by atoms with Gasteiger partial charge in [0.15, 0.2) is 0 Å². The standard InChI is InChI=1S/C14H18O4S/c1-10-3-5-13(6-4-10)19(16,17)18-9-12-7-11(2)14(15)8-12/h3-6,11-12H,7-9H2,1-2H3/t11-,12+/m0/s1. The summed E-state index contributed by atoms with van der Waals surface area (Å²) in [6.45, 7) is 3.85. The molecule has 1 aliphatic carbocycles. The van der Waals surface area contributed by atoms with Gasteiger partial charge >= 0.3 is 0 Å². The number of benzene rings is 1. The molecule has 2 rings (SSSR count). The lowest BCUT2D eigenvalue weighted by atomic mass is 10.1. The fraction of sp³-hybridized carbons (Fsp3) is 0.500. The van der Waals surface area contributed by atoms with Crippen molar-refractivity contribution in [1.82, 2.24) is 0 Å². The Balaban J connectivity index is 1.99. The zero-order chi connectivity index (χ0) is 14.0. The number of carbonyl (C=O) groups is 1. The second kappa shape index (κ2) is 5.43. The Hall–Kier alpha value is -1.20. The normalized spacial score (nSPS) is 23.8. The van der Waals surface area contributed by atoms with Gasteiger partial charge in [-0.05, 0) is 31.4 Å². The van der Waals surface area contributed by atoms with E-state index >= 15 is 0 Å². The predicted octanol–water partition coefficient (Wildman–Crippen LogP) is 2.32. The fourth-order valence-corrected chi connectivity index (χ4v) is 3.26. The zero-order valence-corrected chi connectivity index (χ0v) is 11.9. The number of carbonyl (C=O) groups excluding carboxylic acids is 1. The number of Topliss-reactive ketones (excluding diaryl/α,β-unsaturated/α-hetero) is 1. The first kappa shape index (κ1) is 14.2. The molecule has 4 nitrogen and oxygen atoms in total. The SMILES string of the molecule is Cc1ccc(S(=O)(=O)OC[C@H]2CC(=O)[C@@H](C)C2)cc1. The highest BCUT2D eigenvalue weighted by Gasteiger charge is 2.30. The van der Waals surface area contributed by atoms with Crippen molar-refractivity contribution in [2.24, 2.45) is 11.8 Å². The Morgan fingerprint density at radius 1 is 1.26 bits per heavy atom. The van der Waals surface area contributed by atoms with E-state index in [9.17, 15) is 13.2 Å². The third-order valence-corrected chi connectivity index (χ3v) is 4.79. The summed E-state index contributed by atoms with van der Waals surface area (Å²) in [6, 6.07) is 6.54. The molecule has 19 heavy (non-hydrogen) atoms. The fourth-order valence-electron chi connectivity index (χ4n) is 2.29. The monoisotopic (exact) mass is 282 g/mol. The molecule has 0 spiro atoms. The van der Waals surface area contributed by atoms with Crippen molar-refractivity contribution in [1.29, 1.82) is 0 Å². The molecule has 0 aromatic heterocycles. The number of ketones is 1. The summed E-state index contributed by atoms with van der Waals surface area (Å²) in [7, 11) is -3.71. The number of hydrogen-bond acceptors (Lipinski definition) is 4. The second-order valence-corrected chi connectivity index (χ2v) is 6.84. The second-order valence-electron chi connectivity index (χ2n) is 5.22. The smallest absolute Gasteiger partial charge is 0.296 e. The first-order valence-electron chi connectivity index (χ1n) is 6.37. The van der Waals surface area contributed by atoms with Gasteiger partial charge in [-0.3, -0.25) is 8.98 Å². The highest BCUT2D eigenvalue weighted by atomic mass is 32.2. The van der Waals surface area contributed by atoms with Crippen LogP contribution in [-0.2, 0) is 19.1 Å². The first-order chi connectivity index (χ1) is 8.88. The van der Waals surface area contributed by atoms with E-state index < -0.39 is 10.1 Å². The van der Waals surface area contributed by atoms with Gasteiger partial charge in [0, 0.05) is 12.3 Å².